The van der Waals surface area contributed by atoms with Gasteiger partial charge in [0.05, 0.1) is 19.3 Å². The molecule has 2 aromatic rings. The number of hydrogen-bond acceptors (Lipinski definition) is 4. The van der Waals surface area contributed by atoms with E-state index in [0.717, 1.165) is 16.7 Å². The molecule has 2 aromatic carbocycles. The first-order valence-corrected chi connectivity index (χ1v) is 7.52. The van der Waals surface area contributed by atoms with Gasteiger partial charge in [-0.05, 0) is 16.7 Å². The van der Waals surface area contributed by atoms with Gasteiger partial charge in [0.2, 0.25) is 0 Å². The fraction of sp³-hybridized carbons (Fsp3) is 0.333. The summed E-state index contributed by atoms with van der Waals surface area (Å²) in [6.45, 7) is 1.31. The molecular weight excluding hydrogens is 278 g/mol. The molecule has 0 heterocycles. The second-order valence-electron chi connectivity index (χ2n) is 5.25. The Balaban J connectivity index is 2.03. The van der Waals surface area contributed by atoms with Gasteiger partial charge in [-0.2, -0.15) is 0 Å². The van der Waals surface area contributed by atoms with E-state index in [2.05, 4.69) is 12.1 Å². The Morgan fingerprint density at radius 1 is 0.773 bits per heavy atom. The second-order valence-corrected chi connectivity index (χ2v) is 5.25. The highest BCUT2D eigenvalue weighted by Crippen LogP contribution is 2.22. The third-order valence-electron chi connectivity index (χ3n) is 3.67. The van der Waals surface area contributed by atoms with Crippen LogP contribution in [0.25, 0.3) is 11.1 Å². The van der Waals surface area contributed by atoms with Crippen LogP contribution in [-0.2, 0) is 0 Å². The van der Waals surface area contributed by atoms with E-state index in [0.29, 0.717) is 19.6 Å². The summed E-state index contributed by atoms with van der Waals surface area (Å²) in [5.74, 6) is 0. The van der Waals surface area contributed by atoms with Gasteiger partial charge >= 0.3 is 0 Å². The Kier molecular flexibility index (Phi) is 6.55. The molecule has 0 saturated heterocycles. The minimum absolute atomic E-state index is 0.0136. The fourth-order valence-electron chi connectivity index (χ4n) is 2.46. The number of aliphatic hydroxyl groups is 3. The van der Waals surface area contributed by atoms with Crippen molar-refractivity contribution in [1.29, 1.82) is 0 Å². The quantitative estimate of drug-likeness (QED) is 0.694. The van der Waals surface area contributed by atoms with Crippen LogP contribution in [0.3, 0.4) is 0 Å². The van der Waals surface area contributed by atoms with Crippen LogP contribution >= 0.6 is 0 Å². The average molecular weight is 301 g/mol. The maximum absolute atomic E-state index is 10.3. The monoisotopic (exact) mass is 301 g/mol. The van der Waals surface area contributed by atoms with Crippen molar-refractivity contribution in [2.75, 3.05) is 32.8 Å². The molecule has 3 N–H and O–H groups in total. The summed E-state index contributed by atoms with van der Waals surface area (Å²) in [6.07, 6.45) is -0.636. The summed E-state index contributed by atoms with van der Waals surface area (Å²) in [4.78, 5) is 1.84. The van der Waals surface area contributed by atoms with E-state index >= 15 is 0 Å². The fourth-order valence-corrected chi connectivity index (χ4v) is 2.46. The first kappa shape index (κ1) is 16.6. The highest BCUT2D eigenvalue weighted by molar-refractivity contribution is 5.63. The van der Waals surface area contributed by atoms with Gasteiger partial charge in [-0.25, -0.2) is 0 Å². The van der Waals surface area contributed by atoms with Crippen molar-refractivity contribution in [3.63, 3.8) is 0 Å². The number of rotatable bonds is 8. The van der Waals surface area contributed by atoms with Gasteiger partial charge < -0.3 is 15.3 Å². The SMILES string of the molecule is OCCN(CCO)CC(O)c1ccc(-c2ccccc2)cc1. The van der Waals surface area contributed by atoms with Gasteiger partial charge in [0.25, 0.3) is 0 Å². The van der Waals surface area contributed by atoms with E-state index in [9.17, 15) is 5.11 Å². The first-order chi connectivity index (χ1) is 10.7. The van der Waals surface area contributed by atoms with E-state index in [1.165, 1.54) is 0 Å². The van der Waals surface area contributed by atoms with Crippen LogP contribution in [0.5, 0.6) is 0 Å². The lowest BCUT2D eigenvalue weighted by atomic mass is 10.0. The molecule has 0 saturated carbocycles. The molecule has 1 unspecified atom stereocenters. The Hall–Kier alpha value is -1.72. The van der Waals surface area contributed by atoms with Crippen LogP contribution in [-0.4, -0.2) is 53.1 Å². The van der Waals surface area contributed by atoms with E-state index in [1.54, 1.807) is 0 Å². The van der Waals surface area contributed by atoms with Crippen molar-refractivity contribution >= 4 is 0 Å². The molecule has 0 amide bonds. The number of nitrogens with zero attached hydrogens (tertiary/aromatic N) is 1. The third-order valence-corrected chi connectivity index (χ3v) is 3.67. The standard InChI is InChI=1S/C18H23NO3/c20-12-10-19(11-13-21)14-18(22)17-8-6-16(7-9-17)15-4-2-1-3-5-15/h1-9,18,20-22H,10-14H2. The van der Waals surface area contributed by atoms with Crippen molar-refractivity contribution in [1.82, 2.24) is 4.90 Å². The van der Waals surface area contributed by atoms with Crippen LogP contribution < -0.4 is 0 Å². The highest BCUT2D eigenvalue weighted by Gasteiger charge is 2.13. The zero-order chi connectivity index (χ0) is 15.8. The summed E-state index contributed by atoms with van der Waals surface area (Å²) in [5, 5.41) is 28.3. The van der Waals surface area contributed by atoms with Crippen LogP contribution in [0.4, 0.5) is 0 Å². The lowest BCUT2D eigenvalue weighted by Crippen LogP contribution is -2.33. The zero-order valence-electron chi connectivity index (χ0n) is 12.6. The Bertz CT molecular complexity index is 536. The molecule has 0 aliphatic rings. The van der Waals surface area contributed by atoms with Gasteiger partial charge in [0.15, 0.2) is 0 Å². The molecule has 4 heteroatoms. The number of hydrogen-bond donors (Lipinski definition) is 3. The lowest BCUT2D eigenvalue weighted by Gasteiger charge is -2.23. The normalized spacial score (nSPS) is 12.5. The molecule has 0 aromatic heterocycles. The minimum atomic E-state index is -0.636. The van der Waals surface area contributed by atoms with Crippen molar-refractivity contribution in [2.45, 2.75) is 6.10 Å². The summed E-state index contributed by atoms with van der Waals surface area (Å²) >= 11 is 0. The molecule has 0 radical (unpaired) electrons. The van der Waals surface area contributed by atoms with Crippen molar-refractivity contribution in [3.05, 3.63) is 60.2 Å². The predicted octanol–water partition coefficient (Wildman–Crippen LogP) is 1.67. The molecule has 118 valence electrons. The Morgan fingerprint density at radius 3 is 1.86 bits per heavy atom. The maximum atomic E-state index is 10.3. The van der Waals surface area contributed by atoms with E-state index < -0.39 is 6.10 Å². The molecule has 0 bridgehead atoms. The minimum Gasteiger partial charge on any atom is -0.395 e. The smallest absolute Gasteiger partial charge is 0.0916 e. The molecule has 0 spiro atoms. The summed E-state index contributed by atoms with van der Waals surface area (Å²) in [5.41, 5.74) is 3.09. The van der Waals surface area contributed by atoms with Crippen molar-refractivity contribution in [2.24, 2.45) is 0 Å². The molecule has 0 aliphatic heterocycles. The lowest BCUT2D eigenvalue weighted by molar-refractivity contribution is 0.0874. The summed E-state index contributed by atoms with van der Waals surface area (Å²) in [7, 11) is 0. The maximum Gasteiger partial charge on any atom is 0.0916 e. The number of aliphatic hydroxyl groups excluding tert-OH is 3. The van der Waals surface area contributed by atoms with E-state index in [-0.39, 0.29) is 13.2 Å². The van der Waals surface area contributed by atoms with E-state index in [4.69, 9.17) is 10.2 Å². The van der Waals surface area contributed by atoms with Crippen LogP contribution in [0.1, 0.15) is 11.7 Å². The van der Waals surface area contributed by atoms with Gasteiger partial charge in [0.1, 0.15) is 0 Å². The molecule has 0 fully saturated rings. The Morgan fingerprint density at radius 2 is 1.32 bits per heavy atom. The van der Waals surface area contributed by atoms with Crippen LogP contribution in [0.2, 0.25) is 0 Å². The molecule has 22 heavy (non-hydrogen) atoms. The van der Waals surface area contributed by atoms with E-state index in [1.807, 2.05) is 47.4 Å². The Labute approximate surface area is 131 Å². The molecular formula is C18H23NO3. The summed E-state index contributed by atoms with van der Waals surface area (Å²) in [6, 6.07) is 17.9. The van der Waals surface area contributed by atoms with Gasteiger partial charge in [-0.15, -0.1) is 0 Å². The van der Waals surface area contributed by atoms with Gasteiger partial charge in [-0.1, -0.05) is 54.6 Å². The van der Waals surface area contributed by atoms with Gasteiger partial charge in [-0.3, -0.25) is 4.90 Å². The zero-order valence-corrected chi connectivity index (χ0v) is 12.6. The average Bonchev–Trinajstić information content (AvgIpc) is 2.56. The summed E-state index contributed by atoms with van der Waals surface area (Å²) < 4.78 is 0. The topological polar surface area (TPSA) is 63.9 Å². The van der Waals surface area contributed by atoms with Crippen molar-refractivity contribution in [3.8, 4) is 11.1 Å². The molecule has 4 nitrogen and oxygen atoms in total. The van der Waals surface area contributed by atoms with Crippen molar-refractivity contribution < 1.29 is 15.3 Å². The largest absolute Gasteiger partial charge is 0.395 e. The van der Waals surface area contributed by atoms with Crippen LogP contribution in [0.15, 0.2) is 54.6 Å². The number of benzene rings is 2. The first-order valence-electron chi connectivity index (χ1n) is 7.52. The molecule has 0 aliphatic carbocycles. The molecule has 1 atom stereocenters. The second kappa shape index (κ2) is 8.66. The third kappa shape index (κ3) is 4.64. The van der Waals surface area contributed by atoms with Gasteiger partial charge in [0, 0.05) is 19.6 Å². The highest BCUT2D eigenvalue weighted by atomic mass is 16.3. The predicted molar refractivity (Wildman–Crippen MR) is 87.4 cm³/mol. The molecule has 2 rings (SSSR count). The van der Waals surface area contributed by atoms with Crippen LogP contribution in [0, 0.1) is 0 Å².